The Balaban J connectivity index is 1.54. The highest BCUT2D eigenvalue weighted by molar-refractivity contribution is 5.54. The molecule has 32 heavy (non-hydrogen) atoms. The van der Waals surface area contributed by atoms with Crippen molar-refractivity contribution in [2.24, 2.45) is 11.8 Å². The summed E-state index contributed by atoms with van der Waals surface area (Å²) < 4.78 is 0. The van der Waals surface area contributed by atoms with E-state index in [1.165, 1.54) is 11.1 Å². The van der Waals surface area contributed by atoms with E-state index in [9.17, 15) is 0 Å². The molecule has 1 aliphatic carbocycles. The Bertz CT molecular complexity index is 1080. The van der Waals surface area contributed by atoms with Crippen molar-refractivity contribution < 1.29 is 0 Å². The summed E-state index contributed by atoms with van der Waals surface area (Å²) in [6.07, 6.45) is 24.1. The second-order valence-corrected chi connectivity index (χ2v) is 8.05. The molecule has 0 N–H and O–H groups in total. The molecule has 0 radical (unpaired) electrons. The highest BCUT2D eigenvalue weighted by Crippen LogP contribution is 2.59. The van der Waals surface area contributed by atoms with Crippen LogP contribution in [-0.2, 0) is 0 Å². The third kappa shape index (κ3) is 4.26. The van der Waals surface area contributed by atoms with Crippen LogP contribution < -0.4 is 0 Å². The minimum atomic E-state index is 0.363. The molecule has 1 fully saturated rings. The van der Waals surface area contributed by atoms with Crippen LogP contribution in [-0.4, -0.2) is 19.9 Å². The lowest BCUT2D eigenvalue weighted by molar-refractivity contribution is 0.177. The van der Waals surface area contributed by atoms with Crippen LogP contribution in [0.4, 0.5) is 0 Å². The maximum Gasteiger partial charge on any atom is 0.0273 e. The average molecular weight is 417 g/mol. The van der Waals surface area contributed by atoms with Crippen molar-refractivity contribution in [3.05, 3.63) is 133 Å². The number of nitrogens with zero attached hydrogens (tertiary/aromatic N) is 4. The fourth-order valence-electron chi connectivity index (χ4n) is 4.73. The molecule has 4 heterocycles. The van der Waals surface area contributed by atoms with Crippen LogP contribution in [0.2, 0.25) is 0 Å². The number of hydrogen-bond donors (Lipinski definition) is 0. The molecule has 0 bridgehead atoms. The fourth-order valence-corrected chi connectivity index (χ4v) is 4.73. The van der Waals surface area contributed by atoms with E-state index < -0.39 is 0 Å². The Labute approximate surface area is 188 Å². The molecule has 0 spiro atoms. The van der Waals surface area contributed by atoms with Crippen LogP contribution in [0, 0.1) is 11.8 Å². The van der Waals surface area contributed by atoms with Crippen LogP contribution in [0.15, 0.2) is 110 Å². The molecule has 4 nitrogen and oxygen atoms in total. The standard InChI is InChI=1S/C28H24N4/c1(21-5-13-29-14-6-21)3-25-26(4-2-22-7-15-30-16-8-22)28(24-11-19-32-20-12-24)27(25)23-9-17-31-18-10-23/h1-20,25-28H/b3-1+,4-2+/t25-,26+,27+,28-. The number of rotatable bonds is 6. The van der Waals surface area contributed by atoms with E-state index in [1.807, 2.05) is 73.8 Å². The minimum Gasteiger partial charge on any atom is -0.265 e. The molecule has 4 heteroatoms. The lowest BCUT2D eigenvalue weighted by Gasteiger charge is -2.51. The molecule has 0 aromatic carbocycles. The van der Waals surface area contributed by atoms with Crippen molar-refractivity contribution in [1.82, 2.24) is 19.9 Å². The van der Waals surface area contributed by atoms with Gasteiger partial charge in [0, 0.05) is 49.6 Å². The van der Waals surface area contributed by atoms with Crippen molar-refractivity contribution in [1.29, 1.82) is 0 Å². The molecule has 4 aromatic heterocycles. The van der Waals surface area contributed by atoms with Crippen molar-refractivity contribution in [2.45, 2.75) is 11.8 Å². The summed E-state index contributed by atoms with van der Waals surface area (Å²) >= 11 is 0. The second kappa shape index (κ2) is 9.48. The Morgan fingerprint density at radius 2 is 0.750 bits per heavy atom. The van der Waals surface area contributed by atoms with Crippen molar-refractivity contribution in [3.63, 3.8) is 0 Å². The van der Waals surface area contributed by atoms with Crippen LogP contribution in [0.25, 0.3) is 12.2 Å². The SMILES string of the molecule is C(=C\[C@@H]1[C@H](/C=C/c2ccncc2)[C@@H](c2ccncc2)[C@H]1c1ccncc1)/c1ccncc1. The molecule has 4 atom stereocenters. The largest absolute Gasteiger partial charge is 0.265 e. The van der Waals surface area contributed by atoms with Crippen LogP contribution in [0.3, 0.4) is 0 Å². The number of aromatic nitrogens is 4. The predicted octanol–water partition coefficient (Wildman–Crippen LogP) is 5.81. The van der Waals surface area contributed by atoms with Gasteiger partial charge in [-0.25, -0.2) is 0 Å². The van der Waals surface area contributed by atoms with Gasteiger partial charge in [-0.05, 0) is 94.5 Å². The third-order valence-electron chi connectivity index (χ3n) is 6.28. The molecular weight excluding hydrogens is 392 g/mol. The molecule has 5 rings (SSSR count). The number of pyridine rings is 4. The maximum absolute atomic E-state index is 4.24. The third-order valence-corrected chi connectivity index (χ3v) is 6.28. The van der Waals surface area contributed by atoms with Crippen LogP contribution in [0.5, 0.6) is 0 Å². The van der Waals surface area contributed by atoms with Crippen molar-refractivity contribution in [3.8, 4) is 0 Å². The van der Waals surface area contributed by atoms with Gasteiger partial charge in [-0.3, -0.25) is 19.9 Å². The number of allylic oxidation sites excluding steroid dienone is 2. The summed E-state index contributed by atoms with van der Waals surface area (Å²) in [7, 11) is 0. The molecule has 4 aromatic rings. The zero-order valence-corrected chi connectivity index (χ0v) is 17.6. The molecule has 0 saturated heterocycles. The average Bonchev–Trinajstić information content (AvgIpc) is 2.86. The van der Waals surface area contributed by atoms with Gasteiger partial charge in [0.15, 0.2) is 0 Å². The topological polar surface area (TPSA) is 51.6 Å². The first-order valence-corrected chi connectivity index (χ1v) is 10.9. The molecular formula is C28H24N4. The van der Waals surface area contributed by atoms with Crippen molar-refractivity contribution >= 4 is 12.2 Å². The lowest BCUT2D eigenvalue weighted by atomic mass is 9.52. The Kier molecular flexibility index (Phi) is 5.93. The van der Waals surface area contributed by atoms with E-state index in [-0.39, 0.29) is 0 Å². The minimum absolute atomic E-state index is 0.363. The quantitative estimate of drug-likeness (QED) is 0.398. The first-order valence-electron chi connectivity index (χ1n) is 10.9. The molecule has 0 aliphatic heterocycles. The number of hydrogen-bond acceptors (Lipinski definition) is 4. The van der Waals surface area contributed by atoms with Gasteiger partial charge < -0.3 is 0 Å². The van der Waals surface area contributed by atoms with Gasteiger partial charge in [0.05, 0.1) is 0 Å². The van der Waals surface area contributed by atoms with Gasteiger partial charge in [-0.1, -0.05) is 24.3 Å². The highest BCUT2D eigenvalue weighted by Gasteiger charge is 2.48. The summed E-state index contributed by atoms with van der Waals surface area (Å²) in [5.74, 6) is 1.46. The summed E-state index contributed by atoms with van der Waals surface area (Å²) in [5, 5.41) is 0. The zero-order valence-electron chi connectivity index (χ0n) is 17.6. The van der Waals surface area contributed by atoms with Crippen LogP contribution in [0.1, 0.15) is 34.1 Å². The van der Waals surface area contributed by atoms with E-state index >= 15 is 0 Å². The maximum atomic E-state index is 4.24. The zero-order chi connectivity index (χ0) is 21.6. The summed E-state index contributed by atoms with van der Waals surface area (Å²) in [4.78, 5) is 16.8. The first-order chi connectivity index (χ1) is 15.9. The van der Waals surface area contributed by atoms with Gasteiger partial charge >= 0.3 is 0 Å². The molecule has 0 unspecified atom stereocenters. The first kappa shape index (κ1) is 20.0. The molecule has 1 aliphatic rings. The Morgan fingerprint density at radius 3 is 1.09 bits per heavy atom. The van der Waals surface area contributed by atoms with E-state index in [0.29, 0.717) is 23.7 Å². The summed E-state index contributed by atoms with van der Waals surface area (Å²) in [5.41, 5.74) is 4.97. The summed E-state index contributed by atoms with van der Waals surface area (Å²) in [6.45, 7) is 0. The molecule has 0 amide bonds. The van der Waals surface area contributed by atoms with Gasteiger partial charge in [0.25, 0.3) is 0 Å². The second-order valence-electron chi connectivity index (χ2n) is 8.05. The molecule has 156 valence electrons. The molecule has 1 saturated carbocycles. The smallest absolute Gasteiger partial charge is 0.0273 e. The monoisotopic (exact) mass is 416 g/mol. The van der Waals surface area contributed by atoms with Gasteiger partial charge in [0.2, 0.25) is 0 Å². The Hall–Kier alpha value is -3.92. The Morgan fingerprint density at radius 1 is 0.438 bits per heavy atom. The predicted molar refractivity (Wildman–Crippen MR) is 127 cm³/mol. The fraction of sp³-hybridized carbons (Fsp3) is 0.143. The van der Waals surface area contributed by atoms with Gasteiger partial charge in [0.1, 0.15) is 0 Å². The highest BCUT2D eigenvalue weighted by atomic mass is 14.6. The van der Waals surface area contributed by atoms with E-state index in [1.54, 1.807) is 0 Å². The van der Waals surface area contributed by atoms with E-state index in [0.717, 1.165) is 11.1 Å². The van der Waals surface area contributed by atoms with E-state index in [2.05, 4.69) is 68.5 Å². The van der Waals surface area contributed by atoms with Crippen molar-refractivity contribution in [2.75, 3.05) is 0 Å². The van der Waals surface area contributed by atoms with Gasteiger partial charge in [-0.15, -0.1) is 0 Å². The summed E-state index contributed by atoms with van der Waals surface area (Å²) in [6, 6.07) is 16.8. The lowest BCUT2D eigenvalue weighted by Crippen LogP contribution is -2.41. The van der Waals surface area contributed by atoms with Crippen LogP contribution >= 0.6 is 0 Å². The van der Waals surface area contributed by atoms with Gasteiger partial charge in [-0.2, -0.15) is 0 Å². The van der Waals surface area contributed by atoms with E-state index in [4.69, 9.17) is 0 Å². The normalized spacial score (nSPS) is 22.8.